The number of ether oxygens (including phenoxy) is 1. The van der Waals surface area contributed by atoms with Gasteiger partial charge in [-0.15, -0.1) is 0 Å². The van der Waals surface area contributed by atoms with Crippen molar-refractivity contribution in [3.8, 4) is 5.75 Å². The van der Waals surface area contributed by atoms with Gasteiger partial charge in [0.05, 0.1) is 5.02 Å². The summed E-state index contributed by atoms with van der Waals surface area (Å²) in [6.45, 7) is 1.78. The lowest BCUT2D eigenvalue weighted by atomic mass is 9.87. The Balaban J connectivity index is 0.000000545. The van der Waals surface area contributed by atoms with Gasteiger partial charge >= 0.3 is 0 Å². The molecule has 0 fully saturated rings. The van der Waals surface area contributed by atoms with Crippen molar-refractivity contribution in [1.29, 1.82) is 0 Å². The molecule has 22 heavy (non-hydrogen) atoms. The van der Waals surface area contributed by atoms with Gasteiger partial charge in [-0.2, -0.15) is 0 Å². The van der Waals surface area contributed by atoms with Crippen molar-refractivity contribution in [1.82, 2.24) is 0 Å². The molecule has 2 aliphatic rings. The molecule has 0 bridgehead atoms. The van der Waals surface area contributed by atoms with Crippen LogP contribution < -0.4 is 4.74 Å². The molecule has 3 rings (SSSR count). The third kappa shape index (κ3) is 3.20. The van der Waals surface area contributed by atoms with Crippen molar-refractivity contribution >= 4 is 34.0 Å². The molecule has 1 atom stereocenters. The van der Waals surface area contributed by atoms with E-state index in [-0.39, 0.29) is 11.5 Å². The van der Waals surface area contributed by atoms with Gasteiger partial charge in [-0.25, -0.2) is 4.39 Å². The first-order valence-corrected chi connectivity index (χ1v) is 7.90. The number of benzene rings is 1. The Morgan fingerprint density at radius 2 is 2.18 bits per heavy atom. The van der Waals surface area contributed by atoms with Gasteiger partial charge in [0.1, 0.15) is 17.2 Å². The highest BCUT2D eigenvalue weighted by atomic mass is 79.9. The van der Waals surface area contributed by atoms with Crippen molar-refractivity contribution in [2.75, 3.05) is 0 Å². The Bertz CT molecular complexity index is 657. The van der Waals surface area contributed by atoms with Crippen LogP contribution in [0.4, 0.5) is 4.39 Å². The summed E-state index contributed by atoms with van der Waals surface area (Å²) in [6.07, 6.45) is 9.22. The molecular formula is C16H15BrClFO3. The van der Waals surface area contributed by atoms with E-state index in [2.05, 4.69) is 34.2 Å². The molecule has 1 N–H and O–H groups in total. The van der Waals surface area contributed by atoms with E-state index in [1.54, 1.807) is 0 Å². The largest absolute Gasteiger partial charge is 0.483 e. The predicted octanol–water partition coefficient (Wildman–Crippen LogP) is 4.91. The maximum Gasteiger partial charge on any atom is 0.290 e. The smallest absolute Gasteiger partial charge is 0.290 e. The van der Waals surface area contributed by atoms with Gasteiger partial charge in [0.2, 0.25) is 0 Å². The zero-order valence-corrected chi connectivity index (χ0v) is 14.2. The van der Waals surface area contributed by atoms with E-state index in [1.165, 1.54) is 6.07 Å². The Hall–Kier alpha value is -1.33. The summed E-state index contributed by atoms with van der Waals surface area (Å²) in [6, 6.07) is 1.38. The molecule has 0 saturated carbocycles. The first-order chi connectivity index (χ1) is 10.4. The monoisotopic (exact) mass is 388 g/mol. The van der Waals surface area contributed by atoms with Crippen LogP contribution in [-0.2, 0) is 11.2 Å². The minimum Gasteiger partial charge on any atom is -0.483 e. The fraction of sp³-hybridized carbons (Fsp3) is 0.312. The van der Waals surface area contributed by atoms with Crippen LogP contribution in [-0.4, -0.2) is 17.2 Å². The van der Waals surface area contributed by atoms with Gasteiger partial charge in [-0.3, -0.25) is 4.79 Å². The Kier molecular flexibility index (Phi) is 5.29. The highest BCUT2D eigenvalue weighted by Gasteiger charge is 2.39. The second kappa shape index (κ2) is 6.84. The molecule has 0 spiro atoms. The summed E-state index contributed by atoms with van der Waals surface area (Å²) >= 11 is 9.30. The number of allylic oxidation sites excluding steroid dienone is 2. The van der Waals surface area contributed by atoms with Crippen LogP contribution in [0.3, 0.4) is 0 Å². The van der Waals surface area contributed by atoms with Crippen molar-refractivity contribution in [3.05, 3.63) is 50.7 Å². The molecule has 0 amide bonds. The molecule has 118 valence electrons. The van der Waals surface area contributed by atoms with Crippen LogP contribution in [0.2, 0.25) is 5.02 Å². The number of rotatable bonds is 1. The lowest BCUT2D eigenvalue weighted by molar-refractivity contribution is -0.122. The van der Waals surface area contributed by atoms with Crippen LogP contribution >= 0.6 is 27.5 Å². The first-order valence-electron chi connectivity index (χ1n) is 6.73. The molecule has 1 heterocycles. The highest BCUT2D eigenvalue weighted by Crippen LogP contribution is 2.46. The summed E-state index contributed by atoms with van der Waals surface area (Å²) in [5, 5.41) is 7.01. The molecule has 0 radical (unpaired) electrons. The molecule has 3 nitrogen and oxygen atoms in total. The highest BCUT2D eigenvalue weighted by molar-refractivity contribution is 9.10. The third-order valence-electron chi connectivity index (χ3n) is 3.68. The number of hydrogen-bond acceptors (Lipinski definition) is 2. The standard InChI is InChI=1S/C15H13BrClFO.CH2O2/c1-15(9-5-3-2-4-6-9)8-10-12(19-15)7-11(18)14(17)13(10)16;2-1-3/h3,5-7H,2,4,8H2,1H3;1H,(H,2,3). The van der Waals surface area contributed by atoms with Crippen molar-refractivity contribution in [3.63, 3.8) is 0 Å². The SMILES string of the molecule is CC1(C2=CCCC=C2)Cc2c(cc(F)c(Cl)c2Br)O1.O=CO. The van der Waals surface area contributed by atoms with Crippen molar-refractivity contribution in [2.45, 2.75) is 31.8 Å². The van der Waals surface area contributed by atoms with E-state index in [1.807, 2.05) is 6.92 Å². The second-order valence-corrected chi connectivity index (χ2v) is 6.39. The number of fused-ring (bicyclic) bond motifs is 1. The molecule has 6 heteroatoms. The Morgan fingerprint density at radius 1 is 1.50 bits per heavy atom. The average molecular weight is 390 g/mol. The lowest BCUT2D eigenvalue weighted by Crippen LogP contribution is -2.32. The van der Waals surface area contributed by atoms with Gasteiger partial charge in [-0.1, -0.05) is 29.8 Å². The van der Waals surface area contributed by atoms with Crippen LogP contribution in [0.25, 0.3) is 0 Å². The molecule has 1 aromatic rings. The Morgan fingerprint density at radius 3 is 2.77 bits per heavy atom. The fourth-order valence-electron chi connectivity index (χ4n) is 2.65. The van der Waals surface area contributed by atoms with E-state index in [4.69, 9.17) is 26.2 Å². The molecular weight excluding hydrogens is 375 g/mol. The van der Waals surface area contributed by atoms with E-state index in [0.717, 1.165) is 24.0 Å². The normalized spacial score (nSPS) is 22.1. The van der Waals surface area contributed by atoms with Crippen molar-refractivity contribution < 1.29 is 19.0 Å². The van der Waals surface area contributed by atoms with Gasteiger partial charge < -0.3 is 9.84 Å². The zero-order valence-electron chi connectivity index (χ0n) is 11.9. The van der Waals surface area contributed by atoms with Crippen molar-refractivity contribution in [2.24, 2.45) is 0 Å². The van der Waals surface area contributed by atoms with E-state index >= 15 is 0 Å². The summed E-state index contributed by atoms with van der Waals surface area (Å²) < 4.78 is 20.3. The fourth-order valence-corrected chi connectivity index (χ4v) is 3.34. The molecule has 1 aliphatic heterocycles. The van der Waals surface area contributed by atoms with E-state index in [9.17, 15) is 4.39 Å². The van der Waals surface area contributed by atoms with E-state index < -0.39 is 11.4 Å². The number of carbonyl (C=O) groups is 1. The quantitative estimate of drug-likeness (QED) is 0.548. The maximum absolute atomic E-state index is 13.7. The molecule has 1 unspecified atom stereocenters. The van der Waals surface area contributed by atoms with Gasteiger partial charge in [0.25, 0.3) is 6.47 Å². The second-order valence-electron chi connectivity index (χ2n) is 5.22. The zero-order chi connectivity index (χ0) is 16.3. The maximum atomic E-state index is 13.7. The lowest BCUT2D eigenvalue weighted by Gasteiger charge is -2.27. The van der Waals surface area contributed by atoms with Crippen LogP contribution in [0, 0.1) is 5.82 Å². The molecule has 0 saturated heterocycles. The number of halogens is 3. The van der Waals surface area contributed by atoms with Crippen LogP contribution in [0.5, 0.6) is 5.75 Å². The van der Waals surface area contributed by atoms with E-state index in [0.29, 0.717) is 16.6 Å². The number of hydrogen-bond donors (Lipinski definition) is 1. The average Bonchev–Trinajstić information content (AvgIpc) is 2.85. The summed E-state index contributed by atoms with van der Waals surface area (Å²) in [7, 11) is 0. The van der Waals surface area contributed by atoms with Gasteiger partial charge in [0.15, 0.2) is 0 Å². The molecule has 0 aromatic heterocycles. The van der Waals surface area contributed by atoms with Gasteiger partial charge in [0, 0.05) is 22.5 Å². The van der Waals surface area contributed by atoms with Gasteiger partial charge in [-0.05, 0) is 41.3 Å². The minimum atomic E-state index is -0.454. The predicted molar refractivity (Wildman–Crippen MR) is 87.0 cm³/mol. The summed E-state index contributed by atoms with van der Waals surface area (Å²) in [5.41, 5.74) is 1.66. The minimum absolute atomic E-state index is 0.125. The van der Waals surface area contributed by atoms with Crippen LogP contribution in [0.1, 0.15) is 25.3 Å². The summed E-state index contributed by atoms with van der Waals surface area (Å²) in [4.78, 5) is 8.36. The molecule has 1 aromatic carbocycles. The van der Waals surface area contributed by atoms with Crippen LogP contribution in [0.15, 0.2) is 34.3 Å². The first kappa shape index (κ1) is 17.0. The summed E-state index contributed by atoms with van der Waals surface area (Å²) in [5.74, 6) is 0.126. The third-order valence-corrected chi connectivity index (χ3v) is 5.15. The number of carboxylic acid groups (broad SMARTS) is 1. The Labute approximate surface area is 141 Å². The topological polar surface area (TPSA) is 46.5 Å². The molecule has 1 aliphatic carbocycles.